The predicted molar refractivity (Wildman–Crippen MR) is 93.0 cm³/mol. The average Bonchev–Trinajstić information content (AvgIpc) is 2.84. The van der Waals surface area contributed by atoms with Crippen molar-refractivity contribution >= 4 is 23.6 Å². The summed E-state index contributed by atoms with van der Waals surface area (Å²) in [6.45, 7) is 2.54. The average molecular weight is 326 g/mol. The Morgan fingerprint density at radius 1 is 1.17 bits per heavy atom. The molecule has 0 aliphatic carbocycles. The van der Waals surface area contributed by atoms with Crippen LogP contribution in [-0.4, -0.2) is 21.0 Å². The highest BCUT2D eigenvalue weighted by atomic mass is 35.5. The second-order valence-corrected chi connectivity index (χ2v) is 5.38. The van der Waals surface area contributed by atoms with Gasteiger partial charge in [-0.05, 0) is 24.6 Å². The van der Waals surface area contributed by atoms with Crippen LogP contribution < -0.4 is 5.43 Å². The first-order valence-electron chi connectivity index (χ1n) is 7.21. The van der Waals surface area contributed by atoms with Crippen LogP contribution in [0.15, 0.2) is 59.8 Å². The Morgan fingerprint density at radius 2 is 1.96 bits per heavy atom. The minimum atomic E-state index is 0.568. The minimum absolute atomic E-state index is 0.568. The molecule has 0 atom stereocenters. The zero-order chi connectivity index (χ0) is 16.1. The highest BCUT2D eigenvalue weighted by Gasteiger charge is 2.11. The van der Waals surface area contributed by atoms with E-state index < -0.39 is 0 Å². The zero-order valence-corrected chi connectivity index (χ0v) is 13.4. The fraction of sp³-hybridized carbons (Fsp3) is 0.118. The largest absolute Gasteiger partial charge is 0.261 e. The number of aromatic nitrogens is 3. The quantitative estimate of drug-likeness (QED) is 0.574. The van der Waals surface area contributed by atoms with Gasteiger partial charge in [-0.1, -0.05) is 48.0 Å². The molecule has 1 aromatic carbocycles. The van der Waals surface area contributed by atoms with Crippen LogP contribution in [0.5, 0.6) is 0 Å². The van der Waals surface area contributed by atoms with Crippen molar-refractivity contribution in [1.82, 2.24) is 14.8 Å². The summed E-state index contributed by atoms with van der Waals surface area (Å²) in [6.07, 6.45) is 3.37. The van der Waals surface area contributed by atoms with Crippen molar-refractivity contribution in [2.24, 2.45) is 5.10 Å². The van der Waals surface area contributed by atoms with Crippen LogP contribution in [0.2, 0.25) is 5.15 Å². The number of pyridine rings is 1. The third-order valence-corrected chi connectivity index (χ3v) is 3.72. The summed E-state index contributed by atoms with van der Waals surface area (Å²) in [5.74, 6) is 0.675. The first kappa shape index (κ1) is 15.2. The van der Waals surface area contributed by atoms with E-state index >= 15 is 0 Å². The Bertz CT molecular complexity index is 797. The first-order valence-corrected chi connectivity index (χ1v) is 7.59. The summed E-state index contributed by atoms with van der Waals surface area (Å²) in [5.41, 5.74) is 5.64. The molecule has 0 saturated carbocycles. The van der Waals surface area contributed by atoms with Crippen LogP contribution in [-0.2, 0) is 6.54 Å². The van der Waals surface area contributed by atoms with Gasteiger partial charge in [0.25, 0.3) is 0 Å². The number of rotatable bonds is 5. The number of hydrazone groups is 1. The lowest BCUT2D eigenvalue weighted by molar-refractivity contribution is 0.680. The van der Waals surface area contributed by atoms with E-state index in [-0.39, 0.29) is 0 Å². The van der Waals surface area contributed by atoms with Crippen molar-refractivity contribution in [2.45, 2.75) is 13.5 Å². The zero-order valence-electron chi connectivity index (χ0n) is 12.6. The number of nitrogens with one attached hydrogen (secondary N) is 1. The number of benzene rings is 1. The van der Waals surface area contributed by atoms with Gasteiger partial charge >= 0.3 is 0 Å². The van der Waals surface area contributed by atoms with Crippen molar-refractivity contribution in [2.75, 3.05) is 5.43 Å². The maximum Gasteiger partial charge on any atom is 0.146 e. The molecule has 0 amide bonds. The summed E-state index contributed by atoms with van der Waals surface area (Å²) in [4.78, 5) is 4.14. The lowest BCUT2D eigenvalue weighted by Crippen LogP contribution is -2.01. The minimum Gasteiger partial charge on any atom is -0.261 e. The Balaban J connectivity index is 1.75. The molecule has 0 bridgehead atoms. The van der Waals surface area contributed by atoms with E-state index in [1.807, 2.05) is 55.5 Å². The summed E-state index contributed by atoms with van der Waals surface area (Å²) in [7, 11) is 0. The second kappa shape index (κ2) is 7.07. The van der Waals surface area contributed by atoms with Crippen LogP contribution in [0.25, 0.3) is 0 Å². The maximum atomic E-state index is 6.43. The molecule has 0 aliphatic rings. The summed E-state index contributed by atoms with van der Waals surface area (Å²) in [5, 5.41) is 9.23. The van der Waals surface area contributed by atoms with Crippen molar-refractivity contribution in [3.63, 3.8) is 0 Å². The van der Waals surface area contributed by atoms with E-state index in [9.17, 15) is 0 Å². The fourth-order valence-corrected chi connectivity index (χ4v) is 2.45. The SMILES string of the molecule is Cc1nn(Cc2ccccc2)c(Cl)c1/C=N/Nc1ccccn1. The molecule has 5 nitrogen and oxygen atoms in total. The fourth-order valence-electron chi connectivity index (χ4n) is 2.17. The van der Waals surface area contributed by atoms with Crippen molar-refractivity contribution < 1.29 is 0 Å². The smallest absolute Gasteiger partial charge is 0.146 e. The third-order valence-electron chi connectivity index (χ3n) is 3.32. The highest BCUT2D eigenvalue weighted by molar-refractivity contribution is 6.32. The van der Waals surface area contributed by atoms with Gasteiger partial charge in [-0.2, -0.15) is 10.2 Å². The van der Waals surface area contributed by atoms with Gasteiger partial charge in [0, 0.05) is 6.20 Å². The molecular weight excluding hydrogens is 310 g/mol. The van der Waals surface area contributed by atoms with Crippen molar-refractivity contribution in [3.05, 3.63) is 76.7 Å². The molecule has 1 N–H and O–H groups in total. The van der Waals surface area contributed by atoms with E-state index in [1.54, 1.807) is 17.1 Å². The molecule has 0 radical (unpaired) electrons. The number of aryl methyl sites for hydroxylation is 1. The summed E-state index contributed by atoms with van der Waals surface area (Å²) in [6, 6.07) is 15.7. The monoisotopic (exact) mass is 325 g/mol. The molecule has 6 heteroatoms. The molecule has 0 fully saturated rings. The van der Waals surface area contributed by atoms with Crippen LogP contribution in [0.1, 0.15) is 16.8 Å². The third kappa shape index (κ3) is 3.76. The van der Waals surface area contributed by atoms with Crippen molar-refractivity contribution in [3.8, 4) is 0 Å². The van der Waals surface area contributed by atoms with Crippen LogP contribution >= 0.6 is 11.6 Å². The number of hydrogen-bond donors (Lipinski definition) is 1. The Morgan fingerprint density at radius 3 is 2.70 bits per heavy atom. The Labute approximate surface area is 139 Å². The molecule has 3 rings (SSSR count). The lowest BCUT2D eigenvalue weighted by atomic mass is 10.2. The van der Waals surface area contributed by atoms with Gasteiger partial charge in [0.05, 0.1) is 24.0 Å². The van der Waals surface area contributed by atoms with Gasteiger partial charge in [-0.15, -0.1) is 0 Å². The van der Waals surface area contributed by atoms with Crippen LogP contribution in [0.4, 0.5) is 5.82 Å². The summed E-state index contributed by atoms with van der Waals surface area (Å²) >= 11 is 6.43. The lowest BCUT2D eigenvalue weighted by Gasteiger charge is -2.03. The number of hydrogen-bond acceptors (Lipinski definition) is 4. The molecule has 3 aromatic rings. The molecule has 2 heterocycles. The number of halogens is 1. The van der Waals surface area contributed by atoms with Gasteiger partial charge in [0.15, 0.2) is 0 Å². The maximum absolute atomic E-state index is 6.43. The normalized spacial score (nSPS) is 11.0. The molecular formula is C17H16ClN5. The second-order valence-electron chi connectivity index (χ2n) is 5.02. The van der Waals surface area contributed by atoms with E-state index in [4.69, 9.17) is 11.6 Å². The molecule has 0 saturated heterocycles. The first-order chi connectivity index (χ1) is 11.2. The number of anilines is 1. The molecule has 2 aromatic heterocycles. The van der Waals surface area contributed by atoms with E-state index in [2.05, 4.69) is 20.6 Å². The van der Waals surface area contributed by atoms with Crippen molar-refractivity contribution in [1.29, 1.82) is 0 Å². The molecule has 0 unspecified atom stereocenters. The molecule has 0 aliphatic heterocycles. The van der Waals surface area contributed by atoms with Gasteiger partial charge < -0.3 is 0 Å². The van der Waals surface area contributed by atoms with E-state index in [0.29, 0.717) is 17.5 Å². The van der Waals surface area contributed by atoms with Gasteiger partial charge in [0.2, 0.25) is 0 Å². The Kier molecular flexibility index (Phi) is 4.68. The number of nitrogens with zero attached hydrogens (tertiary/aromatic N) is 4. The van der Waals surface area contributed by atoms with Crippen LogP contribution in [0, 0.1) is 6.92 Å². The van der Waals surface area contributed by atoms with Gasteiger partial charge in [-0.25, -0.2) is 9.67 Å². The summed E-state index contributed by atoms with van der Waals surface area (Å²) < 4.78 is 1.77. The van der Waals surface area contributed by atoms with Crippen LogP contribution in [0.3, 0.4) is 0 Å². The Hall–Kier alpha value is -2.66. The molecule has 23 heavy (non-hydrogen) atoms. The van der Waals surface area contributed by atoms with E-state index in [1.165, 1.54) is 0 Å². The standard InChI is InChI=1S/C17H16ClN5/c1-13-15(11-20-21-16-9-5-6-10-19-16)17(18)23(22-13)12-14-7-3-2-4-8-14/h2-11H,12H2,1H3,(H,19,21)/b20-11+. The van der Waals surface area contributed by atoms with Gasteiger partial charge in [-0.3, -0.25) is 5.43 Å². The topological polar surface area (TPSA) is 55.1 Å². The molecule has 0 spiro atoms. The van der Waals surface area contributed by atoms with E-state index in [0.717, 1.165) is 16.8 Å². The molecule has 116 valence electrons. The highest BCUT2D eigenvalue weighted by Crippen LogP contribution is 2.19. The predicted octanol–water partition coefficient (Wildman–Crippen LogP) is 3.73. The van der Waals surface area contributed by atoms with Gasteiger partial charge in [0.1, 0.15) is 11.0 Å².